The van der Waals surface area contributed by atoms with E-state index < -0.39 is 0 Å². The smallest absolute Gasteiger partial charge is 0.135 e. The highest BCUT2D eigenvalue weighted by molar-refractivity contribution is 4.99. The van der Waals surface area contributed by atoms with Crippen molar-refractivity contribution >= 4 is 0 Å². The van der Waals surface area contributed by atoms with Crippen molar-refractivity contribution in [1.82, 2.24) is 19.9 Å². The van der Waals surface area contributed by atoms with Crippen LogP contribution in [-0.2, 0) is 6.42 Å². The molecule has 4 nitrogen and oxygen atoms in total. The molecule has 0 saturated carbocycles. The van der Waals surface area contributed by atoms with Crippen molar-refractivity contribution in [3.8, 4) is 0 Å². The number of nitrogens with one attached hydrogen (secondary N) is 1. The van der Waals surface area contributed by atoms with Crippen molar-refractivity contribution < 1.29 is 0 Å². The van der Waals surface area contributed by atoms with Crippen molar-refractivity contribution in [2.24, 2.45) is 0 Å². The van der Waals surface area contributed by atoms with E-state index in [0.29, 0.717) is 6.42 Å². The summed E-state index contributed by atoms with van der Waals surface area (Å²) in [5.74, 6) is 1.67. The van der Waals surface area contributed by atoms with E-state index in [9.17, 15) is 0 Å². The Kier molecular flexibility index (Phi) is 1.82. The van der Waals surface area contributed by atoms with Crippen molar-refractivity contribution in [1.29, 1.82) is 0 Å². The van der Waals surface area contributed by atoms with Crippen LogP contribution in [0.3, 0.4) is 0 Å². The summed E-state index contributed by atoms with van der Waals surface area (Å²) in [5.41, 5.74) is 0. The minimum Gasteiger partial charge on any atom is -0.348 e. The van der Waals surface area contributed by atoms with Crippen molar-refractivity contribution in [2.45, 2.75) is 6.42 Å². The molecule has 4 heteroatoms. The predicted octanol–water partition coefficient (Wildman–Crippen LogP) is 0.790. The zero-order valence-corrected chi connectivity index (χ0v) is 6.44. The lowest BCUT2D eigenvalue weighted by atomic mass is 10.4. The van der Waals surface area contributed by atoms with Crippen molar-refractivity contribution in [2.75, 3.05) is 0 Å². The Labute approximate surface area is 69.7 Å². The van der Waals surface area contributed by atoms with Gasteiger partial charge in [0.25, 0.3) is 0 Å². The number of imidazole rings is 1. The van der Waals surface area contributed by atoms with E-state index in [1.54, 1.807) is 30.9 Å². The van der Waals surface area contributed by atoms with Crippen LogP contribution in [0.1, 0.15) is 11.6 Å². The molecule has 2 aromatic heterocycles. The minimum atomic E-state index is 0.661. The summed E-state index contributed by atoms with van der Waals surface area (Å²) in [6.45, 7) is 0. The lowest BCUT2D eigenvalue weighted by Crippen LogP contribution is -1.96. The molecule has 2 heterocycles. The Morgan fingerprint density at radius 1 is 1.08 bits per heavy atom. The van der Waals surface area contributed by atoms with Gasteiger partial charge < -0.3 is 4.98 Å². The third kappa shape index (κ3) is 1.47. The highest BCUT2D eigenvalue weighted by atomic mass is 14.9. The van der Waals surface area contributed by atoms with Gasteiger partial charge in [-0.05, 0) is 6.07 Å². The molecule has 0 unspecified atom stereocenters. The van der Waals surface area contributed by atoms with Gasteiger partial charge in [0.1, 0.15) is 11.6 Å². The number of aromatic amines is 1. The van der Waals surface area contributed by atoms with Gasteiger partial charge in [-0.2, -0.15) is 0 Å². The molecular formula is C8H8N4. The van der Waals surface area contributed by atoms with Crippen LogP contribution in [0.4, 0.5) is 0 Å². The van der Waals surface area contributed by atoms with Crippen LogP contribution < -0.4 is 0 Å². The molecule has 0 aromatic carbocycles. The first kappa shape index (κ1) is 6.97. The van der Waals surface area contributed by atoms with E-state index in [1.807, 2.05) is 0 Å². The topological polar surface area (TPSA) is 54.5 Å². The Bertz CT molecular complexity index is 327. The SMILES string of the molecule is c1cnc(Cc2ncc[nH]2)nc1. The molecule has 0 aliphatic carbocycles. The normalized spacial score (nSPS) is 10.0. The second kappa shape index (κ2) is 3.13. The molecule has 60 valence electrons. The van der Waals surface area contributed by atoms with Gasteiger partial charge in [0.15, 0.2) is 0 Å². The monoisotopic (exact) mass is 160 g/mol. The molecule has 2 rings (SSSR count). The molecule has 0 spiro atoms. The summed E-state index contributed by atoms with van der Waals surface area (Å²) >= 11 is 0. The maximum Gasteiger partial charge on any atom is 0.135 e. The van der Waals surface area contributed by atoms with E-state index >= 15 is 0 Å². The number of hydrogen-bond donors (Lipinski definition) is 1. The molecule has 1 N–H and O–H groups in total. The maximum atomic E-state index is 4.08. The highest BCUT2D eigenvalue weighted by Crippen LogP contribution is 1.96. The van der Waals surface area contributed by atoms with Gasteiger partial charge in [0.05, 0.1) is 6.42 Å². The Morgan fingerprint density at radius 2 is 1.92 bits per heavy atom. The Morgan fingerprint density at radius 3 is 2.58 bits per heavy atom. The van der Waals surface area contributed by atoms with E-state index in [1.165, 1.54) is 0 Å². The maximum absolute atomic E-state index is 4.08. The van der Waals surface area contributed by atoms with Gasteiger partial charge >= 0.3 is 0 Å². The molecule has 0 amide bonds. The van der Waals surface area contributed by atoms with E-state index in [-0.39, 0.29) is 0 Å². The van der Waals surface area contributed by atoms with Crippen LogP contribution in [0.2, 0.25) is 0 Å². The molecule has 0 aliphatic rings. The first-order valence-corrected chi connectivity index (χ1v) is 3.69. The Hall–Kier alpha value is -1.71. The van der Waals surface area contributed by atoms with E-state index in [2.05, 4.69) is 19.9 Å². The quantitative estimate of drug-likeness (QED) is 0.706. The molecule has 0 radical (unpaired) electrons. The van der Waals surface area contributed by atoms with Crippen LogP contribution in [0, 0.1) is 0 Å². The Balaban J connectivity index is 2.15. The van der Waals surface area contributed by atoms with E-state index in [4.69, 9.17) is 0 Å². The third-order valence-electron chi connectivity index (χ3n) is 1.50. The fraction of sp³-hybridized carbons (Fsp3) is 0.125. The van der Waals surface area contributed by atoms with Gasteiger partial charge in [0.2, 0.25) is 0 Å². The van der Waals surface area contributed by atoms with Crippen LogP contribution in [0.25, 0.3) is 0 Å². The number of hydrogen-bond acceptors (Lipinski definition) is 3. The average Bonchev–Trinajstić information content (AvgIpc) is 2.59. The number of aromatic nitrogens is 4. The van der Waals surface area contributed by atoms with Gasteiger partial charge in [-0.25, -0.2) is 15.0 Å². The standard InChI is InChI=1S/C8H8N4/c1-2-9-7(10-3-1)6-8-11-4-5-12-8/h1-5H,6H2,(H,11,12). The first-order valence-electron chi connectivity index (χ1n) is 3.69. The minimum absolute atomic E-state index is 0.661. The summed E-state index contributed by atoms with van der Waals surface area (Å²) in [6, 6.07) is 1.80. The molecule has 0 atom stereocenters. The molecular weight excluding hydrogens is 152 g/mol. The molecule has 0 aliphatic heterocycles. The highest BCUT2D eigenvalue weighted by Gasteiger charge is 1.98. The largest absolute Gasteiger partial charge is 0.348 e. The molecule has 0 bridgehead atoms. The third-order valence-corrected chi connectivity index (χ3v) is 1.50. The van der Waals surface area contributed by atoms with Crippen LogP contribution in [0.5, 0.6) is 0 Å². The summed E-state index contributed by atoms with van der Waals surface area (Å²) in [4.78, 5) is 15.2. The molecule has 12 heavy (non-hydrogen) atoms. The summed E-state index contributed by atoms with van der Waals surface area (Å²) < 4.78 is 0. The van der Waals surface area contributed by atoms with Crippen LogP contribution in [0.15, 0.2) is 30.9 Å². The molecule has 0 saturated heterocycles. The van der Waals surface area contributed by atoms with Gasteiger partial charge in [-0.3, -0.25) is 0 Å². The van der Waals surface area contributed by atoms with E-state index in [0.717, 1.165) is 11.6 Å². The zero-order chi connectivity index (χ0) is 8.23. The number of rotatable bonds is 2. The van der Waals surface area contributed by atoms with Gasteiger partial charge in [-0.15, -0.1) is 0 Å². The predicted molar refractivity (Wildman–Crippen MR) is 43.4 cm³/mol. The second-order valence-electron chi connectivity index (χ2n) is 2.38. The fourth-order valence-corrected chi connectivity index (χ4v) is 0.966. The average molecular weight is 160 g/mol. The van der Waals surface area contributed by atoms with Crippen LogP contribution in [-0.4, -0.2) is 19.9 Å². The second-order valence-corrected chi connectivity index (χ2v) is 2.38. The summed E-state index contributed by atoms with van der Waals surface area (Å²) in [6.07, 6.45) is 7.63. The van der Waals surface area contributed by atoms with Crippen molar-refractivity contribution in [3.05, 3.63) is 42.5 Å². The summed E-state index contributed by atoms with van der Waals surface area (Å²) in [7, 11) is 0. The lowest BCUT2D eigenvalue weighted by molar-refractivity contribution is 0.912. The molecule has 2 aromatic rings. The van der Waals surface area contributed by atoms with Gasteiger partial charge in [-0.1, -0.05) is 0 Å². The number of H-pyrrole nitrogens is 1. The fourth-order valence-electron chi connectivity index (χ4n) is 0.966. The van der Waals surface area contributed by atoms with Gasteiger partial charge in [0, 0.05) is 24.8 Å². The first-order chi connectivity index (χ1) is 5.95. The van der Waals surface area contributed by atoms with Crippen LogP contribution >= 0.6 is 0 Å². The number of nitrogens with zero attached hydrogens (tertiary/aromatic N) is 3. The van der Waals surface area contributed by atoms with Crippen molar-refractivity contribution in [3.63, 3.8) is 0 Å². The zero-order valence-electron chi connectivity index (χ0n) is 6.44. The summed E-state index contributed by atoms with van der Waals surface area (Å²) in [5, 5.41) is 0. The molecule has 0 fully saturated rings. The lowest BCUT2D eigenvalue weighted by Gasteiger charge is -1.93.